The average Bonchev–Trinajstić information content (AvgIpc) is 2.54. The van der Waals surface area contributed by atoms with E-state index in [0.29, 0.717) is 18.8 Å². The van der Waals surface area contributed by atoms with Gasteiger partial charge in [-0.1, -0.05) is 42.5 Å². The third-order valence-electron chi connectivity index (χ3n) is 4.27. The number of hydrogen-bond donors (Lipinski definition) is 1. The SMILES string of the molecule is Cc1ccccc1C(O)C1(C#N)CCOc2ccccc21. The number of para-hydroxylation sites is 1. The molecule has 0 amide bonds. The zero-order valence-electron chi connectivity index (χ0n) is 11.9. The molecular weight excluding hydrogens is 262 g/mol. The van der Waals surface area contributed by atoms with E-state index in [1.807, 2.05) is 55.5 Å². The van der Waals surface area contributed by atoms with E-state index in [2.05, 4.69) is 6.07 Å². The summed E-state index contributed by atoms with van der Waals surface area (Å²) < 4.78 is 5.63. The van der Waals surface area contributed by atoms with Gasteiger partial charge in [0, 0.05) is 12.0 Å². The lowest BCUT2D eigenvalue weighted by atomic mass is 9.70. The Hall–Kier alpha value is -2.31. The van der Waals surface area contributed by atoms with Gasteiger partial charge in [-0.3, -0.25) is 0 Å². The van der Waals surface area contributed by atoms with Crippen molar-refractivity contribution in [3.05, 3.63) is 65.2 Å². The van der Waals surface area contributed by atoms with Crippen LogP contribution in [0.3, 0.4) is 0 Å². The lowest BCUT2D eigenvalue weighted by Crippen LogP contribution is -2.37. The van der Waals surface area contributed by atoms with Crippen LogP contribution in [0.4, 0.5) is 0 Å². The average molecular weight is 279 g/mol. The van der Waals surface area contributed by atoms with E-state index in [0.717, 1.165) is 16.7 Å². The van der Waals surface area contributed by atoms with Gasteiger partial charge >= 0.3 is 0 Å². The molecule has 106 valence electrons. The molecule has 1 aliphatic rings. The van der Waals surface area contributed by atoms with Crippen molar-refractivity contribution in [1.29, 1.82) is 5.26 Å². The number of nitrogens with zero attached hydrogens (tertiary/aromatic N) is 1. The van der Waals surface area contributed by atoms with Gasteiger partial charge in [-0.05, 0) is 24.1 Å². The molecule has 2 atom stereocenters. The third kappa shape index (κ3) is 2.09. The molecule has 0 saturated heterocycles. The predicted molar refractivity (Wildman–Crippen MR) is 80.0 cm³/mol. The molecule has 1 aliphatic heterocycles. The van der Waals surface area contributed by atoms with Crippen LogP contribution in [0.25, 0.3) is 0 Å². The van der Waals surface area contributed by atoms with Crippen molar-refractivity contribution >= 4 is 0 Å². The summed E-state index contributed by atoms with van der Waals surface area (Å²) in [4.78, 5) is 0. The lowest BCUT2D eigenvalue weighted by molar-refractivity contribution is 0.0802. The fourth-order valence-electron chi connectivity index (χ4n) is 3.04. The standard InChI is InChI=1S/C18H17NO2/c1-13-6-2-3-7-14(13)17(20)18(12-19)10-11-21-16-9-5-4-8-15(16)18/h2-9,17,20H,10-11H2,1H3. The minimum atomic E-state index is -0.957. The van der Waals surface area contributed by atoms with E-state index in [-0.39, 0.29) is 0 Å². The Labute approximate surface area is 124 Å². The minimum Gasteiger partial charge on any atom is -0.493 e. The first-order valence-electron chi connectivity index (χ1n) is 7.06. The van der Waals surface area contributed by atoms with Crippen LogP contribution >= 0.6 is 0 Å². The lowest BCUT2D eigenvalue weighted by Gasteiger charge is -2.37. The smallest absolute Gasteiger partial charge is 0.124 e. The van der Waals surface area contributed by atoms with Crippen molar-refractivity contribution in [2.75, 3.05) is 6.61 Å². The van der Waals surface area contributed by atoms with E-state index in [1.54, 1.807) is 0 Å². The summed E-state index contributed by atoms with van der Waals surface area (Å²) in [6.45, 7) is 2.39. The normalized spacial score (nSPS) is 21.8. The zero-order chi connectivity index (χ0) is 14.9. The largest absolute Gasteiger partial charge is 0.493 e. The fourth-order valence-corrected chi connectivity index (χ4v) is 3.04. The number of aliphatic hydroxyl groups is 1. The van der Waals surface area contributed by atoms with E-state index in [1.165, 1.54) is 0 Å². The second-order valence-corrected chi connectivity index (χ2v) is 5.44. The van der Waals surface area contributed by atoms with Gasteiger partial charge in [0.15, 0.2) is 0 Å². The van der Waals surface area contributed by atoms with Gasteiger partial charge < -0.3 is 9.84 Å². The first-order valence-corrected chi connectivity index (χ1v) is 7.06. The number of benzene rings is 2. The number of ether oxygens (including phenoxy) is 1. The monoisotopic (exact) mass is 279 g/mol. The molecule has 0 bridgehead atoms. The van der Waals surface area contributed by atoms with Crippen LogP contribution in [0.5, 0.6) is 5.75 Å². The Morgan fingerprint density at radius 3 is 2.67 bits per heavy atom. The summed E-state index contributed by atoms with van der Waals surface area (Å²) in [5, 5.41) is 20.8. The molecule has 0 spiro atoms. The van der Waals surface area contributed by atoms with E-state index < -0.39 is 11.5 Å². The van der Waals surface area contributed by atoms with Gasteiger partial charge in [-0.15, -0.1) is 0 Å². The highest BCUT2D eigenvalue weighted by Gasteiger charge is 2.45. The van der Waals surface area contributed by atoms with Gasteiger partial charge in [-0.2, -0.15) is 5.26 Å². The summed E-state index contributed by atoms with van der Waals surface area (Å²) in [7, 11) is 0. The van der Waals surface area contributed by atoms with E-state index >= 15 is 0 Å². The molecule has 2 aromatic carbocycles. The molecule has 0 aliphatic carbocycles. The number of hydrogen-bond acceptors (Lipinski definition) is 3. The van der Waals surface area contributed by atoms with Crippen LogP contribution in [0.1, 0.15) is 29.2 Å². The van der Waals surface area contributed by atoms with Crippen LogP contribution in [-0.2, 0) is 5.41 Å². The number of aliphatic hydroxyl groups excluding tert-OH is 1. The number of fused-ring (bicyclic) bond motifs is 1. The van der Waals surface area contributed by atoms with Gasteiger partial charge in [0.25, 0.3) is 0 Å². The van der Waals surface area contributed by atoms with Gasteiger partial charge in [0.05, 0.1) is 12.7 Å². The van der Waals surface area contributed by atoms with E-state index in [9.17, 15) is 10.4 Å². The van der Waals surface area contributed by atoms with Gasteiger partial charge in [0.2, 0.25) is 0 Å². The van der Waals surface area contributed by atoms with Crippen molar-refractivity contribution in [1.82, 2.24) is 0 Å². The Balaban J connectivity index is 2.15. The summed E-state index contributed by atoms with van der Waals surface area (Å²) in [6.07, 6.45) is -0.385. The Morgan fingerprint density at radius 2 is 1.90 bits per heavy atom. The van der Waals surface area contributed by atoms with Crippen LogP contribution in [0.15, 0.2) is 48.5 Å². The maximum atomic E-state index is 10.9. The molecule has 3 nitrogen and oxygen atoms in total. The Bertz CT molecular complexity index is 704. The highest BCUT2D eigenvalue weighted by molar-refractivity contribution is 5.49. The summed E-state index contributed by atoms with van der Waals surface area (Å²) in [5.74, 6) is 0.693. The number of nitriles is 1. The predicted octanol–water partition coefficient (Wildman–Crippen LogP) is 3.27. The second-order valence-electron chi connectivity index (χ2n) is 5.44. The van der Waals surface area contributed by atoms with Crippen LogP contribution in [0.2, 0.25) is 0 Å². The summed E-state index contributed by atoms with van der Waals surface area (Å²) >= 11 is 0. The number of aryl methyl sites for hydroxylation is 1. The topological polar surface area (TPSA) is 53.2 Å². The molecule has 0 aromatic heterocycles. The molecule has 3 rings (SSSR count). The third-order valence-corrected chi connectivity index (χ3v) is 4.27. The van der Waals surface area contributed by atoms with Crippen molar-refractivity contribution in [3.63, 3.8) is 0 Å². The molecule has 0 saturated carbocycles. The molecule has 3 heteroatoms. The molecule has 21 heavy (non-hydrogen) atoms. The molecule has 0 radical (unpaired) electrons. The first kappa shape index (κ1) is 13.7. The maximum Gasteiger partial charge on any atom is 0.124 e. The van der Waals surface area contributed by atoms with Gasteiger partial charge in [0.1, 0.15) is 17.3 Å². The van der Waals surface area contributed by atoms with Crippen LogP contribution in [0, 0.1) is 18.3 Å². The van der Waals surface area contributed by atoms with Crippen molar-refractivity contribution < 1.29 is 9.84 Å². The fraction of sp³-hybridized carbons (Fsp3) is 0.278. The Morgan fingerprint density at radius 1 is 1.19 bits per heavy atom. The molecular formula is C18H17NO2. The highest BCUT2D eigenvalue weighted by Crippen LogP contribution is 2.46. The van der Waals surface area contributed by atoms with E-state index in [4.69, 9.17) is 4.74 Å². The van der Waals surface area contributed by atoms with Crippen LogP contribution in [-0.4, -0.2) is 11.7 Å². The molecule has 0 fully saturated rings. The highest BCUT2D eigenvalue weighted by atomic mass is 16.5. The quantitative estimate of drug-likeness (QED) is 0.918. The molecule has 2 unspecified atom stereocenters. The zero-order valence-corrected chi connectivity index (χ0v) is 11.9. The van der Waals surface area contributed by atoms with Gasteiger partial charge in [-0.25, -0.2) is 0 Å². The van der Waals surface area contributed by atoms with Crippen molar-refractivity contribution in [2.45, 2.75) is 24.9 Å². The first-order chi connectivity index (χ1) is 10.2. The minimum absolute atomic E-state index is 0.438. The van der Waals surface area contributed by atoms with Crippen molar-refractivity contribution in [3.8, 4) is 11.8 Å². The molecule has 1 N–H and O–H groups in total. The molecule has 1 heterocycles. The summed E-state index contributed by atoms with van der Waals surface area (Å²) in [5.41, 5.74) is 1.61. The number of rotatable bonds is 2. The van der Waals surface area contributed by atoms with Crippen LogP contribution < -0.4 is 4.74 Å². The Kier molecular flexibility index (Phi) is 3.40. The second kappa shape index (κ2) is 5.23. The molecule has 2 aromatic rings. The summed E-state index contributed by atoms with van der Waals surface area (Å²) in [6, 6.07) is 17.5. The maximum absolute atomic E-state index is 10.9. The van der Waals surface area contributed by atoms with Crippen molar-refractivity contribution in [2.24, 2.45) is 0 Å².